The van der Waals surface area contributed by atoms with Gasteiger partial charge in [0.25, 0.3) is 5.91 Å². The van der Waals surface area contributed by atoms with Gasteiger partial charge in [0.1, 0.15) is 23.4 Å². The predicted octanol–water partition coefficient (Wildman–Crippen LogP) is 3.28. The van der Waals surface area contributed by atoms with Gasteiger partial charge in [0.2, 0.25) is 0 Å². The van der Waals surface area contributed by atoms with E-state index in [-0.39, 0.29) is 34.0 Å². The summed E-state index contributed by atoms with van der Waals surface area (Å²) in [4.78, 5) is 19.4. The molecule has 0 aliphatic rings. The van der Waals surface area contributed by atoms with Crippen LogP contribution in [0.3, 0.4) is 0 Å². The van der Waals surface area contributed by atoms with Gasteiger partial charge in [-0.15, -0.1) is 0 Å². The zero-order valence-electron chi connectivity index (χ0n) is 12.5. The van der Waals surface area contributed by atoms with E-state index in [1.807, 2.05) is 0 Å². The standard InChI is InChI=1S/C16H14Cl2FN3O2/c17-11-7-13(15(18)21-8-11)16(23)22-14(20)9-24-5-4-10-2-1-3-12(19)6-10/h1-3,6-8H,4-5,9H2,(H2,20,22,23). The number of halogens is 3. The highest BCUT2D eigenvalue weighted by Crippen LogP contribution is 2.18. The van der Waals surface area contributed by atoms with E-state index in [1.165, 1.54) is 24.4 Å². The second-order valence-electron chi connectivity index (χ2n) is 4.83. The largest absolute Gasteiger partial charge is 0.385 e. The van der Waals surface area contributed by atoms with Gasteiger partial charge in [-0.25, -0.2) is 9.37 Å². The van der Waals surface area contributed by atoms with Crippen LogP contribution >= 0.6 is 23.2 Å². The first kappa shape index (κ1) is 18.3. The van der Waals surface area contributed by atoms with Gasteiger partial charge in [-0.2, -0.15) is 4.99 Å². The van der Waals surface area contributed by atoms with Crippen LogP contribution in [0, 0.1) is 5.82 Å². The van der Waals surface area contributed by atoms with E-state index < -0.39 is 5.91 Å². The summed E-state index contributed by atoms with van der Waals surface area (Å²) in [5.74, 6) is -0.956. The summed E-state index contributed by atoms with van der Waals surface area (Å²) in [6.45, 7) is 0.278. The first-order chi connectivity index (χ1) is 11.5. The van der Waals surface area contributed by atoms with Gasteiger partial charge < -0.3 is 10.5 Å². The van der Waals surface area contributed by atoms with Crippen LogP contribution < -0.4 is 5.73 Å². The lowest BCUT2D eigenvalue weighted by molar-refractivity contribution is 0.1000. The van der Waals surface area contributed by atoms with Crippen LogP contribution in [0.2, 0.25) is 10.2 Å². The molecule has 1 aromatic carbocycles. The van der Waals surface area contributed by atoms with Crippen molar-refractivity contribution in [3.63, 3.8) is 0 Å². The summed E-state index contributed by atoms with van der Waals surface area (Å²) in [6.07, 6.45) is 1.84. The molecule has 0 saturated heterocycles. The Kier molecular flexibility index (Phi) is 6.66. The lowest BCUT2D eigenvalue weighted by atomic mass is 10.2. The average molecular weight is 370 g/mol. The Morgan fingerprint density at radius 1 is 1.33 bits per heavy atom. The Balaban J connectivity index is 1.85. The van der Waals surface area contributed by atoms with Gasteiger partial charge in [-0.3, -0.25) is 4.79 Å². The summed E-state index contributed by atoms with van der Waals surface area (Å²) < 4.78 is 18.4. The van der Waals surface area contributed by atoms with Crippen LogP contribution in [-0.2, 0) is 11.2 Å². The minimum absolute atomic E-state index is 0.00437. The Labute approximate surface area is 148 Å². The van der Waals surface area contributed by atoms with Gasteiger partial charge >= 0.3 is 0 Å². The zero-order chi connectivity index (χ0) is 17.5. The fourth-order valence-corrected chi connectivity index (χ4v) is 2.20. The van der Waals surface area contributed by atoms with Crippen LogP contribution in [0.1, 0.15) is 15.9 Å². The van der Waals surface area contributed by atoms with Gasteiger partial charge in [0.05, 0.1) is 17.2 Å². The van der Waals surface area contributed by atoms with Crippen molar-refractivity contribution in [2.24, 2.45) is 10.7 Å². The molecule has 0 bridgehead atoms. The molecule has 0 fully saturated rings. The van der Waals surface area contributed by atoms with Crippen molar-refractivity contribution in [2.45, 2.75) is 6.42 Å². The molecule has 1 heterocycles. The fourth-order valence-electron chi connectivity index (χ4n) is 1.85. The molecule has 0 saturated carbocycles. The molecule has 0 aliphatic heterocycles. The Morgan fingerprint density at radius 3 is 2.88 bits per heavy atom. The van der Waals surface area contributed by atoms with E-state index in [2.05, 4.69) is 9.98 Å². The van der Waals surface area contributed by atoms with Gasteiger partial charge in [-0.05, 0) is 30.2 Å². The molecule has 2 rings (SSSR count). The number of benzene rings is 1. The Bertz CT molecular complexity index is 769. The third kappa shape index (κ3) is 5.56. The smallest absolute Gasteiger partial charge is 0.281 e. The predicted molar refractivity (Wildman–Crippen MR) is 91.1 cm³/mol. The molecular formula is C16H14Cl2FN3O2. The number of carbonyl (C=O) groups is 1. The number of carbonyl (C=O) groups excluding carboxylic acids is 1. The van der Waals surface area contributed by atoms with Crippen molar-refractivity contribution in [1.29, 1.82) is 0 Å². The van der Waals surface area contributed by atoms with Gasteiger partial charge in [-0.1, -0.05) is 35.3 Å². The highest BCUT2D eigenvalue weighted by Gasteiger charge is 2.12. The number of amidine groups is 1. The molecule has 0 spiro atoms. The molecule has 5 nitrogen and oxygen atoms in total. The monoisotopic (exact) mass is 369 g/mol. The Hall–Kier alpha value is -2.02. The van der Waals surface area contributed by atoms with E-state index in [0.717, 1.165) is 5.56 Å². The maximum absolute atomic E-state index is 13.0. The first-order valence-electron chi connectivity index (χ1n) is 6.96. The quantitative estimate of drug-likeness (QED) is 0.366. The lowest BCUT2D eigenvalue weighted by Gasteiger charge is -2.05. The highest BCUT2D eigenvalue weighted by atomic mass is 35.5. The number of aliphatic imine (C=N–C) groups is 1. The van der Waals surface area contributed by atoms with Crippen molar-refractivity contribution in [2.75, 3.05) is 13.2 Å². The van der Waals surface area contributed by atoms with E-state index in [4.69, 9.17) is 33.7 Å². The first-order valence-corrected chi connectivity index (χ1v) is 7.72. The van der Waals surface area contributed by atoms with Crippen LogP contribution in [-0.4, -0.2) is 29.9 Å². The fraction of sp³-hybridized carbons (Fsp3) is 0.188. The summed E-state index contributed by atoms with van der Waals surface area (Å²) >= 11 is 11.6. The lowest BCUT2D eigenvalue weighted by Crippen LogP contribution is -2.21. The molecule has 126 valence electrons. The molecule has 0 radical (unpaired) electrons. The average Bonchev–Trinajstić information content (AvgIpc) is 2.54. The molecule has 0 atom stereocenters. The van der Waals surface area contributed by atoms with Crippen LogP contribution in [0.25, 0.3) is 0 Å². The number of pyridine rings is 1. The second-order valence-corrected chi connectivity index (χ2v) is 5.63. The van der Waals surface area contributed by atoms with Crippen molar-refractivity contribution in [3.8, 4) is 0 Å². The van der Waals surface area contributed by atoms with Crippen LogP contribution in [0.15, 0.2) is 41.5 Å². The summed E-state index contributed by atoms with van der Waals surface area (Å²) in [5.41, 5.74) is 6.52. The number of hydrogen-bond acceptors (Lipinski definition) is 3. The summed E-state index contributed by atoms with van der Waals surface area (Å²) in [6, 6.07) is 7.58. The second kappa shape index (κ2) is 8.73. The summed E-state index contributed by atoms with van der Waals surface area (Å²) in [7, 11) is 0. The van der Waals surface area contributed by atoms with E-state index >= 15 is 0 Å². The number of nitrogens with zero attached hydrogens (tertiary/aromatic N) is 2. The maximum Gasteiger partial charge on any atom is 0.281 e. The van der Waals surface area contributed by atoms with Crippen LogP contribution in [0.4, 0.5) is 4.39 Å². The molecule has 8 heteroatoms. The summed E-state index contributed by atoms with van der Waals surface area (Å²) in [5, 5.41) is 0.260. The normalized spacial score (nSPS) is 11.5. The third-order valence-electron chi connectivity index (χ3n) is 2.96. The number of nitrogens with two attached hydrogens (primary N) is 1. The highest BCUT2D eigenvalue weighted by molar-refractivity contribution is 6.34. The molecule has 0 unspecified atom stereocenters. The van der Waals surface area contributed by atoms with Crippen molar-refractivity contribution in [1.82, 2.24) is 4.98 Å². The number of hydrogen-bond donors (Lipinski definition) is 1. The molecule has 2 N–H and O–H groups in total. The number of rotatable bonds is 6. The topological polar surface area (TPSA) is 77.6 Å². The molecule has 24 heavy (non-hydrogen) atoms. The number of amides is 1. The van der Waals surface area contributed by atoms with Gasteiger partial charge in [0.15, 0.2) is 0 Å². The number of aromatic nitrogens is 1. The van der Waals surface area contributed by atoms with E-state index in [1.54, 1.807) is 12.1 Å². The van der Waals surface area contributed by atoms with Gasteiger partial charge in [0, 0.05) is 6.20 Å². The Morgan fingerprint density at radius 2 is 2.12 bits per heavy atom. The van der Waals surface area contributed by atoms with Crippen molar-refractivity contribution in [3.05, 3.63) is 63.6 Å². The minimum Gasteiger partial charge on any atom is -0.385 e. The van der Waals surface area contributed by atoms with Crippen molar-refractivity contribution >= 4 is 34.9 Å². The minimum atomic E-state index is -0.652. The van der Waals surface area contributed by atoms with Crippen molar-refractivity contribution < 1.29 is 13.9 Å². The van der Waals surface area contributed by atoms with Crippen LogP contribution in [0.5, 0.6) is 0 Å². The van der Waals surface area contributed by atoms with E-state index in [9.17, 15) is 9.18 Å². The molecular weight excluding hydrogens is 356 g/mol. The number of ether oxygens (including phenoxy) is 1. The molecule has 0 aliphatic carbocycles. The molecule has 2 aromatic rings. The molecule has 1 amide bonds. The third-order valence-corrected chi connectivity index (χ3v) is 3.46. The molecule has 1 aromatic heterocycles. The SMILES string of the molecule is NC(COCCc1cccc(F)c1)=NC(=O)c1cc(Cl)cnc1Cl. The van der Waals surface area contributed by atoms with E-state index in [0.29, 0.717) is 13.0 Å². The zero-order valence-corrected chi connectivity index (χ0v) is 14.0. The maximum atomic E-state index is 13.0.